The minimum absolute atomic E-state index is 0.214. The molecule has 8 nitrogen and oxygen atoms in total. The van der Waals surface area contributed by atoms with Gasteiger partial charge in [0.1, 0.15) is 24.4 Å². The van der Waals surface area contributed by atoms with E-state index in [1.165, 1.54) is 24.9 Å². The van der Waals surface area contributed by atoms with Gasteiger partial charge in [-0.2, -0.15) is 11.8 Å². The minimum Gasteiger partial charge on any atom is -0.387 e. The Bertz CT molecular complexity index is 508. The number of carbonyl (C=O) groups excluding carboxylic acids is 2. The van der Waals surface area contributed by atoms with Crippen LogP contribution in [0.2, 0.25) is 0 Å². The molecule has 0 aromatic heterocycles. The first-order chi connectivity index (χ1) is 12.1. The summed E-state index contributed by atoms with van der Waals surface area (Å²) >= 11 is 1.52. The quantitative estimate of drug-likeness (QED) is 0.354. The van der Waals surface area contributed by atoms with Crippen molar-refractivity contribution in [1.29, 1.82) is 0 Å². The van der Waals surface area contributed by atoms with E-state index in [0.717, 1.165) is 5.75 Å². The highest BCUT2D eigenvalue weighted by Crippen LogP contribution is 2.17. The van der Waals surface area contributed by atoms with E-state index in [9.17, 15) is 24.9 Å². The molecule has 9 heteroatoms. The molecule has 0 radical (unpaired) electrons. The summed E-state index contributed by atoms with van der Waals surface area (Å²) < 4.78 is 5.00. The maximum Gasteiger partial charge on any atom is 0.252 e. The summed E-state index contributed by atoms with van der Waals surface area (Å²) in [6, 6.07) is -0.747. The Hall–Kier alpha value is -1.13. The van der Waals surface area contributed by atoms with Crippen molar-refractivity contribution in [3.63, 3.8) is 0 Å². The number of hydrogen-bond donors (Lipinski definition) is 5. The molecule has 1 unspecified atom stereocenters. The molecule has 0 spiro atoms. The van der Waals surface area contributed by atoms with Crippen LogP contribution in [-0.4, -0.2) is 82.8 Å². The molecule has 1 aliphatic rings. The largest absolute Gasteiger partial charge is 0.387 e. The molecule has 26 heavy (non-hydrogen) atoms. The number of allylic oxidation sites excluding steroid dienone is 1. The van der Waals surface area contributed by atoms with E-state index in [1.807, 2.05) is 20.8 Å². The van der Waals surface area contributed by atoms with Gasteiger partial charge in [-0.15, -0.1) is 0 Å². The Balaban J connectivity index is 2.73. The van der Waals surface area contributed by atoms with Gasteiger partial charge in [0, 0.05) is 25.2 Å². The fraction of sp³-hybridized carbons (Fsp3) is 0.765. The van der Waals surface area contributed by atoms with Crippen molar-refractivity contribution in [2.75, 3.05) is 25.2 Å². The van der Waals surface area contributed by atoms with Gasteiger partial charge in [-0.1, -0.05) is 32.9 Å². The molecule has 0 saturated carbocycles. The van der Waals surface area contributed by atoms with Gasteiger partial charge in [0.15, 0.2) is 6.10 Å². The highest BCUT2D eigenvalue weighted by Gasteiger charge is 2.37. The maximum atomic E-state index is 12.4. The molecule has 0 aromatic carbocycles. The number of rotatable bonds is 7. The lowest BCUT2D eigenvalue weighted by Gasteiger charge is -2.28. The molecule has 5 atom stereocenters. The molecule has 0 aliphatic carbocycles. The molecular formula is C17H30N2O6S. The van der Waals surface area contributed by atoms with E-state index in [0.29, 0.717) is 12.3 Å². The number of aliphatic hydroxyl groups is 3. The average Bonchev–Trinajstić information content (AvgIpc) is 2.76. The predicted molar refractivity (Wildman–Crippen MR) is 99.7 cm³/mol. The normalized spacial score (nSPS) is 23.7. The van der Waals surface area contributed by atoms with E-state index in [4.69, 9.17) is 4.74 Å². The number of methoxy groups -OCH3 is 1. The van der Waals surface area contributed by atoms with Gasteiger partial charge in [-0.3, -0.25) is 9.59 Å². The van der Waals surface area contributed by atoms with Gasteiger partial charge >= 0.3 is 0 Å². The number of amides is 2. The SMILES string of the molecule is CO[C@@H](C(=O)NC1CSCCNC1=O)[C@H](O)[C@@H](O)[C@H](O)/C=C/C(C)(C)C. The summed E-state index contributed by atoms with van der Waals surface area (Å²) in [4.78, 5) is 24.3. The minimum atomic E-state index is -1.67. The Morgan fingerprint density at radius 2 is 2.00 bits per heavy atom. The molecule has 1 aliphatic heterocycles. The number of carbonyl (C=O) groups is 2. The van der Waals surface area contributed by atoms with Crippen LogP contribution < -0.4 is 10.6 Å². The van der Waals surface area contributed by atoms with Crippen LogP contribution in [0.5, 0.6) is 0 Å². The molecule has 150 valence electrons. The predicted octanol–water partition coefficient (Wildman–Crippen LogP) is -0.966. The van der Waals surface area contributed by atoms with Gasteiger partial charge in [0.25, 0.3) is 5.91 Å². The third-order valence-electron chi connectivity index (χ3n) is 3.78. The summed E-state index contributed by atoms with van der Waals surface area (Å²) in [5.74, 6) is 0.123. The first kappa shape index (κ1) is 22.9. The average molecular weight is 391 g/mol. The Labute approximate surface area is 158 Å². The fourth-order valence-electron chi connectivity index (χ4n) is 2.29. The Kier molecular flexibility index (Phi) is 9.05. The number of hydrogen-bond acceptors (Lipinski definition) is 7. The van der Waals surface area contributed by atoms with E-state index in [1.54, 1.807) is 6.08 Å². The molecule has 1 saturated heterocycles. The molecule has 2 amide bonds. The van der Waals surface area contributed by atoms with Crippen molar-refractivity contribution in [3.8, 4) is 0 Å². The summed E-state index contributed by atoms with van der Waals surface area (Å²) in [7, 11) is 1.21. The van der Waals surface area contributed by atoms with Crippen LogP contribution in [0.4, 0.5) is 0 Å². The van der Waals surface area contributed by atoms with Gasteiger partial charge in [-0.05, 0) is 5.41 Å². The zero-order valence-corrected chi connectivity index (χ0v) is 16.5. The Morgan fingerprint density at radius 3 is 2.58 bits per heavy atom. The van der Waals surface area contributed by atoms with Gasteiger partial charge in [-0.25, -0.2) is 0 Å². The number of aliphatic hydroxyl groups excluding tert-OH is 3. The highest BCUT2D eigenvalue weighted by molar-refractivity contribution is 7.99. The van der Waals surface area contributed by atoms with Crippen molar-refractivity contribution in [2.45, 2.75) is 51.2 Å². The highest BCUT2D eigenvalue weighted by atomic mass is 32.2. The van der Waals surface area contributed by atoms with E-state index >= 15 is 0 Å². The third kappa shape index (κ3) is 7.24. The van der Waals surface area contributed by atoms with Gasteiger partial charge in [0.05, 0.1) is 0 Å². The van der Waals surface area contributed by atoms with Crippen LogP contribution in [0.3, 0.4) is 0 Å². The van der Waals surface area contributed by atoms with Crippen LogP contribution in [-0.2, 0) is 14.3 Å². The molecule has 0 aromatic rings. The number of nitrogens with one attached hydrogen (secondary N) is 2. The zero-order valence-electron chi connectivity index (χ0n) is 15.6. The van der Waals surface area contributed by atoms with Crippen LogP contribution in [0.1, 0.15) is 20.8 Å². The summed E-state index contributed by atoms with van der Waals surface area (Å²) in [6.45, 7) is 6.28. The van der Waals surface area contributed by atoms with Crippen molar-refractivity contribution in [1.82, 2.24) is 10.6 Å². The monoisotopic (exact) mass is 390 g/mol. The van der Waals surface area contributed by atoms with E-state index < -0.39 is 36.4 Å². The first-order valence-corrected chi connectivity index (χ1v) is 9.64. The second-order valence-corrected chi connectivity index (χ2v) is 8.43. The van der Waals surface area contributed by atoms with Crippen LogP contribution >= 0.6 is 11.8 Å². The summed E-state index contributed by atoms with van der Waals surface area (Å²) in [6.07, 6.45) is -3.02. The molecule has 0 bridgehead atoms. The number of ether oxygens (including phenoxy) is 1. The third-order valence-corrected chi connectivity index (χ3v) is 4.84. The maximum absolute atomic E-state index is 12.4. The van der Waals surface area contributed by atoms with Crippen LogP contribution in [0.15, 0.2) is 12.2 Å². The van der Waals surface area contributed by atoms with E-state index in [-0.39, 0.29) is 11.3 Å². The molecular weight excluding hydrogens is 360 g/mol. The standard InChI is InChI=1S/C17H30N2O6S/c1-17(2,3)6-5-11(20)12(21)13(22)14(25-4)16(24)19-10-9-26-8-7-18-15(10)23/h5-6,10-14,20-22H,7-9H2,1-4H3,(H,18,23)(H,19,24)/b6-5+/t10?,11-,12+,13-,14-/m1/s1. The second-order valence-electron chi connectivity index (χ2n) is 7.28. The number of thioether (sulfide) groups is 1. The second kappa shape index (κ2) is 10.3. The lowest BCUT2D eigenvalue weighted by Crippen LogP contribution is -2.56. The Morgan fingerprint density at radius 1 is 1.35 bits per heavy atom. The lowest BCUT2D eigenvalue weighted by molar-refractivity contribution is -0.150. The fourth-order valence-corrected chi connectivity index (χ4v) is 3.17. The first-order valence-electron chi connectivity index (χ1n) is 8.49. The summed E-state index contributed by atoms with van der Waals surface area (Å²) in [5.41, 5.74) is -0.214. The lowest BCUT2D eigenvalue weighted by atomic mass is 9.94. The molecule has 1 fully saturated rings. The van der Waals surface area contributed by atoms with E-state index in [2.05, 4.69) is 10.6 Å². The summed E-state index contributed by atoms with van der Waals surface area (Å²) in [5, 5.41) is 35.6. The smallest absolute Gasteiger partial charge is 0.252 e. The molecule has 5 N–H and O–H groups in total. The topological polar surface area (TPSA) is 128 Å². The van der Waals surface area contributed by atoms with Crippen molar-refractivity contribution in [2.24, 2.45) is 5.41 Å². The molecule has 1 rings (SSSR count). The zero-order chi connectivity index (χ0) is 19.9. The molecule has 1 heterocycles. The van der Waals surface area contributed by atoms with Gasteiger partial charge in [0.2, 0.25) is 5.91 Å². The van der Waals surface area contributed by atoms with Crippen LogP contribution in [0, 0.1) is 5.41 Å². The van der Waals surface area contributed by atoms with Crippen molar-refractivity contribution in [3.05, 3.63) is 12.2 Å². The van der Waals surface area contributed by atoms with Crippen molar-refractivity contribution >= 4 is 23.6 Å². The van der Waals surface area contributed by atoms with Gasteiger partial charge < -0.3 is 30.7 Å². The van der Waals surface area contributed by atoms with Crippen molar-refractivity contribution < 1.29 is 29.6 Å². The van der Waals surface area contributed by atoms with Crippen LogP contribution in [0.25, 0.3) is 0 Å².